The maximum Gasteiger partial charge on any atom is 0.234 e. The lowest BCUT2D eigenvalue weighted by molar-refractivity contribution is -0.113. The average molecular weight is 442 g/mol. The summed E-state index contributed by atoms with van der Waals surface area (Å²) in [6, 6.07) is 12.3. The quantitative estimate of drug-likeness (QED) is 0.502. The fourth-order valence-corrected chi connectivity index (χ4v) is 3.78. The van der Waals surface area contributed by atoms with E-state index < -0.39 is 0 Å². The maximum atomic E-state index is 12.2. The molecule has 0 aliphatic heterocycles. The zero-order valence-electron chi connectivity index (χ0n) is 14.2. The van der Waals surface area contributed by atoms with Gasteiger partial charge in [0.2, 0.25) is 5.91 Å². The molecule has 27 heavy (non-hydrogen) atoms. The van der Waals surface area contributed by atoms with Gasteiger partial charge in [0.05, 0.1) is 16.5 Å². The highest BCUT2D eigenvalue weighted by Gasteiger charge is 2.15. The Balaban J connectivity index is 1.69. The molecule has 5 nitrogen and oxygen atoms in total. The zero-order valence-corrected chi connectivity index (χ0v) is 17.3. The van der Waals surface area contributed by atoms with Crippen molar-refractivity contribution in [3.05, 3.63) is 57.5 Å². The average Bonchev–Trinajstić information content (AvgIpc) is 3.06. The Morgan fingerprint density at radius 1 is 1.07 bits per heavy atom. The van der Waals surface area contributed by atoms with E-state index in [4.69, 9.17) is 34.8 Å². The van der Waals surface area contributed by atoms with Crippen LogP contribution in [0.15, 0.2) is 47.6 Å². The molecule has 1 amide bonds. The number of nitrogens with one attached hydrogen (secondary N) is 1. The fraction of sp³-hybridized carbons (Fsp3) is 0.167. The van der Waals surface area contributed by atoms with E-state index in [1.807, 2.05) is 35.8 Å². The van der Waals surface area contributed by atoms with Crippen molar-refractivity contribution in [2.75, 3.05) is 11.1 Å². The van der Waals surface area contributed by atoms with Crippen LogP contribution in [-0.2, 0) is 11.3 Å². The molecule has 0 aliphatic rings. The number of rotatable bonds is 6. The number of benzene rings is 2. The number of hydrogen-bond donors (Lipinski definition) is 1. The van der Waals surface area contributed by atoms with Gasteiger partial charge in [-0.1, -0.05) is 46.6 Å². The zero-order chi connectivity index (χ0) is 19.4. The number of aromatic nitrogens is 3. The Bertz CT molecular complexity index is 960. The van der Waals surface area contributed by atoms with Gasteiger partial charge in [-0.3, -0.25) is 4.79 Å². The fourth-order valence-electron chi connectivity index (χ4n) is 2.40. The van der Waals surface area contributed by atoms with Gasteiger partial charge in [0.25, 0.3) is 0 Å². The summed E-state index contributed by atoms with van der Waals surface area (Å²) in [5.41, 5.74) is 1.43. The Labute approximate surface area is 176 Å². The molecule has 0 aliphatic carbocycles. The molecule has 1 heterocycles. The van der Waals surface area contributed by atoms with Crippen LogP contribution in [0.1, 0.15) is 6.92 Å². The second-order valence-electron chi connectivity index (χ2n) is 5.52. The number of carbonyl (C=O) groups is 1. The van der Waals surface area contributed by atoms with Crippen molar-refractivity contribution < 1.29 is 4.79 Å². The first kappa shape index (κ1) is 20.0. The summed E-state index contributed by atoms with van der Waals surface area (Å²) in [5.74, 6) is 0.721. The van der Waals surface area contributed by atoms with Crippen LogP contribution in [0.25, 0.3) is 11.4 Å². The summed E-state index contributed by atoms with van der Waals surface area (Å²) in [4.78, 5) is 12.2. The molecule has 3 rings (SSSR count). The van der Waals surface area contributed by atoms with Gasteiger partial charge in [-0.15, -0.1) is 10.2 Å². The first-order valence-corrected chi connectivity index (χ1v) is 10.2. The second-order valence-corrected chi connectivity index (χ2v) is 7.74. The standard InChI is InChI=1S/C18H15Cl3N4OS/c1-2-25-17(11-3-5-12(19)6-4-11)23-24-18(25)27-10-16(26)22-15-8-7-13(20)9-14(15)21/h3-9H,2,10H2,1H3,(H,22,26). The van der Waals surface area contributed by atoms with Crippen molar-refractivity contribution >= 4 is 58.2 Å². The van der Waals surface area contributed by atoms with Gasteiger partial charge in [-0.05, 0) is 49.4 Å². The summed E-state index contributed by atoms with van der Waals surface area (Å²) in [7, 11) is 0. The number of halogens is 3. The number of anilines is 1. The van der Waals surface area contributed by atoms with Crippen molar-refractivity contribution in [1.29, 1.82) is 0 Å². The van der Waals surface area contributed by atoms with Crippen molar-refractivity contribution in [3.8, 4) is 11.4 Å². The predicted molar refractivity (Wildman–Crippen MR) is 112 cm³/mol. The summed E-state index contributed by atoms with van der Waals surface area (Å²) in [5, 5.41) is 13.5. The Morgan fingerprint density at radius 2 is 1.78 bits per heavy atom. The first-order chi connectivity index (χ1) is 13.0. The molecule has 0 radical (unpaired) electrons. The van der Waals surface area contributed by atoms with Crippen LogP contribution in [0.3, 0.4) is 0 Å². The van der Waals surface area contributed by atoms with Crippen LogP contribution < -0.4 is 5.32 Å². The van der Waals surface area contributed by atoms with E-state index in [2.05, 4.69) is 15.5 Å². The Morgan fingerprint density at radius 3 is 2.44 bits per heavy atom. The lowest BCUT2D eigenvalue weighted by Crippen LogP contribution is -2.15. The SMILES string of the molecule is CCn1c(SCC(=O)Nc2ccc(Cl)cc2Cl)nnc1-c1ccc(Cl)cc1. The van der Waals surface area contributed by atoms with Crippen LogP contribution >= 0.6 is 46.6 Å². The summed E-state index contributed by atoms with van der Waals surface area (Å²) >= 11 is 19.2. The third-order valence-electron chi connectivity index (χ3n) is 3.67. The van der Waals surface area contributed by atoms with Crippen LogP contribution in [-0.4, -0.2) is 26.4 Å². The second kappa shape index (κ2) is 8.97. The van der Waals surface area contributed by atoms with Gasteiger partial charge in [-0.25, -0.2) is 0 Å². The summed E-state index contributed by atoms with van der Waals surface area (Å²) in [6.45, 7) is 2.68. The number of carbonyl (C=O) groups excluding carboxylic acids is 1. The highest BCUT2D eigenvalue weighted by Crippen LogP contribution is 2.27. The molecule has 1 N–H and O–H groups in total. The molecule has 0 saturated heterocycles. The molecule has 140 valence electrons. The normalized spacial score (nSPS) is 10.8. The summed E-state index contributed by atoms with van der Waals surface area (Å²) < 4.78 is 1.95. The molecule has 1 aromatic heterocycles. The largest absolute Gasteiger partial charge is 0.324 e. The van der Waals surface area contributed by atoms with Gasteiger partial charge in [0, 0.05) is 22.2 Å². The molecule has 0 unspecified atom stereocenters. The Kier molecular flexibility index (Phi) is 6.65. The minimum absolute atomic E-state index is 0.178. The number of nitrogens with zero attached hydrogens (tertiary/aromatic N) is 3. The molecule has 0 atom stereocenters. The van der Waals surface area contributed by atoms with Gasteiger partial charge in [0.15, 0.2) is 11.0 Å². The molecule has 2 aromatic carbocycles. The number of thioether (sulfide) groups is 1. The van der Waals surface area contributed by atoms with E-state index in [9.17, 15) is 4.79 Å². The predicted octanol–water partition coefficient (Wildman–Crippen LogP) is 5.66. The minimum Gasteiger partial charge on any atom is -0.324 e. The van der Waals surface area contributed by atoms with Gasteiger partial charge >= 0.3 is 0 Å². The molecule has 0 saturated carbocycles. The molecular weight excluding hydrogens is 427 g/mol. The van der Waals surface area contributed by atoms with Crippen LogP contribution in [0.5, 0.6) is 0 Å². The maximum absolute atomic E-state index is 12.2. The molecule has 3 aromatic rings. The Hall–Kier alpha value is -1.73. The van der Waals surface area contributed by atoms with E-state index in [0.717, 1.165) is 11.4 Å². The number of hydrogen-bond acceptors (Lipinski definition) is 4. The first-order valence-electron chi connectivity index (χ1n) is 8.04. The molecule has 0 fully saturated rings. The highest BCUT2D eigenvalue weighted by atomic mass is 35.5. The van der Waals surface area contributed by atoms with Crippen molar-refractivity contribution in [1.82, 2.24) is 14.8 Å². The highest BCUT2D eigenvalue weighted by molar-refractivity contribution is 7.99. The lowest BCUT2D eigenvalue weighted by atomic mass is 10.2. The van der Waals surface area contributed by atoms with Crippen LogP contribution in [0.4, 0.5) is 5.69 Å². The molecule has 9 heteroatoms. The molecular formula is C18H15Cl3N4OS. The topological polar surface area (TPSA) is 59.8 Å². The van der Waals surface area contributed by atoms with Gasteiger partial charge in [0.1, 0.15) is 0 Å². The van der Waals surface area contributed by atoms with E-state index >= 15 is 0 Å². The molecule has 0 bridgehead atoms. The monoisotopic (exact) mass is 440 g/mol. The third-order valence-corrected chi connectivity index (χ3v) is 5.44. The van der Waals surface area contributed by atoms with E-state index in [1.165, 1.54) is 11.8 Å². The van der Waals surface area contributed by atoms with E-state index in [-0.39, 0.29) is 11.7 Å². The van der Waals surface area contributed by atoms with Gasteiger partial charge in [-0.2, -0.15) is 0 Å². The summed E-state index contributed by atoms with van der Waals surface area (Å²) in [6.07, 6.45) is 0. The van der Waals surface area contributed by atoms with Crippen molar-refractivity contribution in [3.63, 3.8) is 0 Å². The molecule has 0 spiro atoms. The van der Waals surface area contributed by atoms with Crippen molar-refractivity contribution in [2.45, 2.75) is 18.6 Å². The van der Waals surface area contributed by atoms with E-state index in [1.54, 1.807) is 18.2 Å². The lowest BCUT2D eigenvalue weighted by Gasteiger charge is -2.09. The van der Waals surface area contributed by atoms with Crippen molar-refractivity contribution in [2.24, 2.45) is 0 Å². The van der Waals surface area contributed by atoms with E-state index in [0.29, 0.717) is 32.5 Å². The van der Waals surface area contributed by atoms with Gasteiger partial charge < -0.3 is 9.88 Å². The third kappa shape index (κ3) is 4.96. The van der Waals surface area contributed by atoms with Crippen LogP contribution in [0.2, 0.25) is 15.1 Å². The minimum atomic E-state index is -0.192. The van der Waals surface area contributed by atoms with Crippen LogP contribution in [0, 0.1) is 0 Å². The smallest absolute Gasteiger partial charge is 0.234 e. The number of amides is 1.